The molecule has 0 bridgehead atoms. The lowest BCUT2D eigenvalue weighted by Gasteiger charge is -2.20. The Morgan fingerprint density at radius 3 is 2.62 bits per heavy atom. The Morgan fingerprint density at radius 1 is 1.09 bits per heavy atom. The van der Waals surface area contributed by atoms with Crippen molar-refractivity contribution in [2.45, 2.75) is 6.04 Å². The van der Waals surface area contributed by atoms with Crippen LogP contribution < -0.4 is 10.0 Å². The highest BCUT2D eigenvalue weighted by Crippen LogP contribution is 2.34. The SMILES string of the molecule is CSNc1cc(-c2ccc3ncc(C#N)c(N[C@@H](CO)c4ccccc4)c3c2)cnc1Cl. The molecule has 8 heteroatoms. The molecule has 0 saturated heterocycles. The molecular weight excluding hydrogens is 442 g/mol. The third kappa shape index (κ3) is 4.48. The molecule has 6 nitrogen and oxygen atoms in total. The quantitative estimate of drug-likeness (QED) is 0.241. The van der Waals surface area contributed by atoms with Crippen molar-refractivity contribution in [3.63, 3.8) is 0 Å². The van der Waals surface area contributed by atoms with E-state index < -0.39 is 0 Å². The van der Waals surface area contributed by atoms with E-state index in [1.807, 2.05) is 60.9 Å². The van der Waals surface area contributed by atoms with Gasteiger partial charge in [0.25, 0.3) is 0 Å². The van der Waals surface area contributed by atoms with Crippen LogP contribution in [0.5, 0.6) is 0 Å². The van der Waals surface area contributed by atoms with Gasteiger partial charge in [-0.25, -0.2) is 4.98 Å². The number of nitriles is 1. The van der Waals surface area contributed by atoms with E-state index in [1.165, 1.54) is 11.9 Å². The third-order valence-electron chi connectivity index (χ3n) is 5.08. The Kier molecular flexibility index (Phi) is 6.76. The summed E-state index contributed by atoms with van der Waals surface area (Å²) in [6, 6.07) is 19.2. The monoisotopic (exact) mass is 461 g/mol. The van der Waals surface area contributed by atoms with Gasteiger partial charge in [-0.1, -0.05) is 59.9 Å². The van der Waals surface area contributed by atoms with Crippen LogP contribution in [0.25, 0.3) is 22.0 Å². The minimum atomic E-state index is -0.368. The van der Waals surface area contributed by atoms with Crippen molar-refractivity contribution < 1.29 is 5.11 Å². The normalized spacial score (nSPS) is 11.7. The first-order valence-corrected chi connectivity index (χ1v) is 11.4. The maximum atomic E-state index is 10.0. The molecule has 0 amide bonds. The lowest BCUT2D eigenvalue weighted by atomic mass is 10.0. The van der Waals surface area contributed by atoms with Crippen LogP contribution in [-0.4, -0.2) is 27.9 Å². The van der Waals surface area contributed by atoms with E-state index in [1.54, 1.807) is 12.4 Å². The van der Waals surface area contributed by atoms with Crippen LogP contribution in [0.3, 0.4) is 0 Å². The molecule has 0 fully saturated rings. The number of fused-ring (bicyclic) bond motifs is 1. The van der Waals surface area contributed by atoms with Gasteiger partial charge >= 0.3 is 0 Å². The summed E-state index contributed by atoms with van der Waals surface area (Å²) in [5, 5.41) is 24.3. The smallest absolute Gasteiger partial charge is 0.152 e. The highest BCUT2D eigenvalue weighted by Gasteiger charge is 2.16. The fourth-order valence-electron chi connectivity index (χ4n) is 3.49. The van der Waals surface area contributed by atoms with Crippen LogP contribution >= 0.6 is 23.5 Å². The Hall–Kier alpha value is -3.31. The fourth-order valence-corrected chi connectivity index (χ4v) is 4.08. The predicted octanol–water partition coefficient (Wildman–Crippen LogP) is 5.66. The molecule has 32 heavy (non-hydrogen) atoms. The van der Waals surface area contributed by atoms with Gasteiger partial charge in [0, 0.05) is 29.6 Å². The molecule has 0 unspecified atom stereocenters. The maximum absolute atomic E-state index is 10.0. The molecule has 2 heterocycles. The second-order valence-electron chi connectivity index (χ2n) is 7.05. The number of pyridine rings is 2. The van der Waals surface area contributed by atoms with Gasteiger partial charge in [-0.15, -0.1) is 0 Å². The molecule has 160 valence electrons. The van der Waals surface area contributed by atoms with Gasteiger partial charge in [0.1, 0.15) is 6.07 Å². The minimum absolute atomic E-state index is 0.122. The molecule has 0 spiro atoms. The summed E-state index contributed by atoms with van der Waals surface area (Å²) in [7, 11) is 0. The summed E-state index contributed by atoms with van der Waals surface area (Å²) in [4.78, 5) is 8.72. The van der Waals surface area contributed by atoms with E-state index in [0.29, 0.717) is 16.4 Å². The molecule has 1 atom stereocenters. The van der Waals surface area contributed by atoms with E-state index in [4.69, 9.17) is 11.6 Å². The van der Waals surface area contributed by atoms with Gasteiger partial charge in [-0.3, -0.25) is 4.98 Å². The standard InChI is InChI=1S/C24H20ClN5OS/c1-32-30-21-10-17(12-28-24(21)25)16-7-8-20-19(9-16)23(18(11-26)13-27-20)29-22(14-31)15-5-3-2-4-6-15/h2-10,12-13,22,30-31H,14H2,1H3,(H,27,29)/t22-/m0/s1. The molecule has 0 radical (unpaired) electrons. The summed E-state index contributed by atoms with van der Waals surface area (Å²) >= 11 is 7.62. The zero-order valence-corrected chi connectivity index (χ0v) is 18.8. The number of anilines is 2. The van der Waals surface area contributed by atoms with Crippen LogP contribution in [0.4, 0.5) is 11.4 Å². The average molecular weight is 462 g/mol. The lowest BCUT2D eigenvalue weighted by molar-refractivity contribution is 0.276. The number of benzene rings is 2. The number of aliphatic hydroxyl groups excluding tert-OH is 1. The number of halogens is 1. The van der Waals surface area contributed by atoms with Crippen molar-refractivity contribution in [3.8, 4) is 17.2 Å². The summed E-state index contributed by atoms with van der Waals surface area (Å²) < 4.78 is 3.13. The van der Waals surface area contributed by atoms with Gasteiger partial charge in [0.05, 0.1) is 35.1 Å². The summed E-state index contributed by atoms with van der Waals surface area (Å²) in [6.45, 7) is -0.122. The number of rotatable bonds is 7. The highest BCUT2D eigenvalue weighted by atomic mass is 35.5. The van der Waals surface area contributed by atoms with Crippen molar-refractivity contribution in [2.75, 3.05) is 22.9 Å². The van der Waals surface area contributed by atoms with E-state index in [0.717, 1.165) is 33.3 Å². The van der Waals surface area contributed by atoms with Crippen molar-refractivity contribution >= 4 is 45.8 Å². The largest absolute Gasteiger partial charge is 0.394 e. The Labute approximate surface area is 195 Å². The summed E-state index contributed by atoms with van der Waals surface area (Å²) in [5.41, 5.74) is 5.21. The summed E-state index contributed by atoms with van der Waals surface area (Å²) in [5.74, 6) is 0. The number of aromatic nitrogens is 2. The molecule has 3 N–H and O–H groups in total. The van der Waals surface area contributed by atoms with Crippen molar-refractivity contribution in [2.24, 2.45) is 0 Å². The number of hydrogen-bond acceptors (Lipinski definition) is 7. The number of hydrogen-bond donors (Lipinski definition) is 3. The van der Waals surface area contributed by atoms with Gasteiger partial charge in [0.2, 0.25) is 0 Å². The molecule has 2 aromatic heterocycles. The summed E-state index contributed by atoms with van der Waals surface area (Å²) in [6.07, 6.45) is 5.18. The van der Waals surface area contributed by atoms with Gasteiger partial charge in [-0.2, -0.15) is 5.26 Å². The van der Waals surface area contributed by atoms with E-state index in [2.05, 4.69) is 26.1 Å². The molecule has 2 aromatic carbocycles. The Bertz CT molecular complexity index is 1290. The average Bonchev–Trinajstić information content (AvgIpc) is 2.84. The van der Waals surface area contributed by atoms with Crippen LogP contribution in [0.2, 0.25) is 5.15 Å². The molecule has 4 rings (SSSR count). The van der Waals surface area contributed by atoms with Crippen LogP contribution in [0.1, 0.15) is 17.2 Å². The second-order valence-corrected chi connectivity index (χ2v) is 8.02. The first-order valence-electron chi connectivity index (χ1n) is 9.84. The van der Waals surface area contributed by atoms with Crippen molar-refractivity contribution in [3.05, 3.63) is 83.3 Å². The molecule has 0 saturated carbocycles. The first-order chi connectivity index (χ1) is 15.6. The van der Waals surface area contributed by atoms with Crippen LogP contribution in [-0.2, 0) is 0 Å². The second kappa shape index (κ2) is 9.88. The predicted molar refractivity (Wildman–Crippen MR) is 132 cm³/mol. The first kappa shape index (κ1) is 21.9. The van der Waals surface area contributed by atoms with Crippen LogP contribution in [0.15, 0.2) is 67.0 Å². The Morgan fingerprint density at radius 2 is 1.91 bits per heavy atom. The van der Waals surface area contributed by atoms with E-state index in [-0.39, 0.29) is 12.6 Å². The minimum Gasteiger partial charge on any atom is -0.394 e. The van der Waals surface area contributed by atoms with Crippen LogP contribution in [0, 0.1) is 11.3 Å². The molecule has 0 aliphatic heterocycles. The molecule has 4 aromatic rings. The van der Waals surface area contributed by atoms with Gasteiger partial charge in [-0.05, 0) is 29.3 Å². The van der Waals surface area contributed by atoms with E-state index >= 15 is 0 Å². The lowest BCUT2D eigenvalue weighted by Crippen LogP contribution is -2.16. The third-order valence-corrected chi connectivity index (χ3v) is 5.80. The van der Waals surface area contributed by atoms with Gasteiger partial charge in [0.15, 0.2) is 5.15 Å². The Balaban J connectivity index is 1.82. The van der Waals surface area contributed by atoms with Gasteiger partial charge < -0.3 is 15.1 Å². The van der Waals surface area contributed by atoms with Crippen molar-refractivity contribution in [1.82, 2.24) is 9.97 Å². The highest BCUT2D eigenvalue weighted by molar-refractivity contribution is 7.99. The molecule has 0 aliphatic rings. The number of aliphatic hydroxyl groups is 1. The zero-order valence-electron chi connectivity index (χ0n) is 17.2. The number of nitrogens with zero attached hydrogens (tertiary/aromatic N) is 3. The fraction of sp³-hybridized carbons (Fsp3) is 0.125. The van der Waals surface area contributed by atoms with E-state index in [9.17, 15) is 10.4 Å². The molecule has 0 aliphatic carbocycles. The topological polar surface area (TPSA) is 93.9 Å². The maximum Gasteiger partial charge on any atom is 0.152 e. The van der Waals surface area contributed by atoms with Crippen molar-refractivity contribution in [1.29, 1.82) is 5.26 Å². The zero-order chi connectivity index (χ0) is 22.5. The molecular formula is C24H20ClN5OS. The number of nitrogens with one attached hydrogen (secondary N) is 2.